The van der Waals surface area contributed by atoms with E-state index < -0.39 is 0 Å². The number of hydrogen-bond acceptors (Lipinski definition) is 2. The van der Waals surface area contributed by atoms with Gasteiger partial charge in [0.05, 0.1) is 5.56 Å². The molecule has 0 saturated carbocycles. The molecule has 4 nitrogen and oxygen atoms in total. The summed E-state index contributed by atoms with van der Waals surface area (Å²) in [6, 6.07) is 9.49. The van der Waals surface area contributed by atoms with Gasteiger partial charge in [-0.25, -0.2) is 0 Å². The van der Waals surface area contributed by atoms with Crippen molar-refractivity contribution in [3.05, 3.63) is 52.8 Å². The SMILES string of the molecule is CCn1c(C)cc(C(=O)Nc2ccc(CCO)cc2)c1C. The molecule has 0 spiro atoms. The van der Waals surface area contributed by atoms with E-state index >= 15 is 0 Å². The molecule has 0 unspecified atom stereocenters. The fourth-order valence-corrected chi connectivity index (χ4v) is 2.60. The molecule has 1 aromatic heterocycles. The molecule has 1 heterocycles. The number of carbonyl (C=O) groups excluding carboxylic acids is 1. The van der Waals surface area contributed by atoms with Crippen LogP contribution in [-0.2, 0) is 13.0 Å². The van der Waals surface area contributed by atoms with Crippen LogP contribution in [0.5, 0.6) is 0 Å². The minimum Gasteiger partial charge on any atom is -0.396 e. The van der Waals surface area contributed by atoms with E-state index in [1.807, 2.05) is 44.2 Å². The zero-order chi connectivity index (χ0) is 15.4. The summed E-state index contributed by atoms with van der Waals surface area (Å²) in [5.74, 6) is -0.0855. The highest BCUT2D eigenvalue weighted by Gasteiger charge is 2.14. The summed E-state index contributed by atoms with van der Waals surface area (Å²) < 4.78 is 2.12. The van der Waals surface area contributed by atoms with Gasteiger partial charge in [0.1, 0.15) is 0 Å². The van der Waals surface area contributed by atoms with Crippen LogP contribution in [0.4, 0.5) is 5.69 Å². The van der Waals surface area contributed by atoms with Gasteiger partial charge in [0.2, 0.25) is 0 Å². The van der Waals surface area contributed by atoms with Gasteiger partial charge in [0.15, 0.2) is 0 Å². The van der Waals surface area contributed by atoms with Gasteiger partial charge >= 0.3 is 0 Å². The average molecular weight is 286 g/mol. The van der Waals surface area contributed by atoms with E-state index in [2.05, 4.69) is 16.8 Å². The van der Waals surface area contributed by atoms with Crippen molar-refractivity contribution in [3.63, 3.8) is 0 Å². The highest BCUT2D eigenvalue weighted by Crippen LogP contribution is 2.17. The first-order valence-electron chi connectivity index (χ1n) is 7.24. The first-order valence-corrected chi connectivity index (χ1v) is 7.24. The molecular formula is C17H22N2O2. The molecule has 0 aliphatic rings. The van der Waals surface area contributed by atoms with Crippen molar-refractivity contribution >= 4 is 11.6 Å². The monoisotopic (exact) mass is 286 g/mol. The minimum absolute atomic E-state index is 0.0855. The quantitative estimate of drug-likeness (QED) is 0.888. The summed E-state index contributed by atoms with van der Waals surface area (Å²) in [5.41, 5.74) is 4.62. The first-order chi connectivity index (χ1) is 10.1. The molecule has 1 amide bonds. The van der Waals surface area contributed by atoms with Crippen molar-refractivity contribution in [1.82, 2.24) is 4.57 Å². The van der Waals surface area contributed by atoms with Gasteiger partial charge < -0.3 is 15.0 Å². The molecule has 2 aromatic rings. The Balaban J connectivity index is 2.14. The van der Waals surface area contributed by atoms with E-state index in [-0.39, 0.29) is 12.5 Å². The summed E-state index contributed by atoms with van der Waals surface area (Å²) in [5, 5.41) is 11.8. The third kappa shape index (κ3) is 3.34. The Hall–Kier alpha value is -2.07. The number of aryl methyl sites for hydroxylation is 1. The maximum Gasteiger partial charge on any atom is 0.257 e. The zero-order valence-corrected chi connectivity index (χ0v) is 12.8. The molecule has 0 radical (unpaired) electrons. The maximum atomic E-state index is 12.4. The number of anilines is 1. The van der Waals surface area contributed by atoms with E-state index in [0.29, 0.717) is 12.0 Å². The largest absolute Gasteiger partial charge is 0.396 e. The molecule has 0 fully saturated rings. The lowest BCUT2D eigenvalue weighted by atomic mass is 10.1. The molecule has 0 atom stereocenters. The average Bonchev–Trinajstić information content (AvgIpc) is 2.76. The number of aromatic nitrogens is 1. The Morgan fingerprint density at radius 2 is 1.90 bits per heavy atom. The van der Waals surface area contributed by atoms with E-state index in [1.54, 1.807) is 0 Å². The molecule has 4 heteroatoms. The first kappa shape index (κ1) is 15.3. The van der Waals surface area contributed by atoms with Crippen molar-refractivity contribution in [2.24, 2.45) is 0 Å². The molecule has 21 heavy (non-hydrogen) atoms. The predicted octanol–water partition coefficient (Wildman–Crippen LogP) is 2.91. The number of aliphatic hydroxyl groups is 1. The highest BCUT2D eigenvalue weighted by atomic mass is 16.2. The number of hydrogen-bond donors (Lipinski definition) is 2. The van der Waals surface area contributed by atoms with Crippen molar-refractivity contribution in [3.8, 4) is 0 Å². The second-order valence-corrected chi connectivity index (χ2v) is 5.15. The molecule has 2 N–H and O–H groups in total. The Kier molecular flexibility index (Phi) is 4.81. The van der Waals surface area contributed by atoms with E-state index in [9.17, 15) is 4.79 Å². The summed E-state index contributed by atoms with van der Waals surface area (Å²) in [6.45, 7) is 7.05. The zero-order valence-electron chi connectivity index (χ0n) is 12.8. The Bertz CT molecular complexity index is 627. The summed E-state index contributed by atoms with van der Waals surface area (Å²) in [4.78, 5) is 12.4. The normalized spacial score (nSPS) is 10.7. The number of aliphatic hydroxyl groups excluding tert-OH is 1. The van der Waals surface area contributed by atoms with Gasteiger partial charge in [-0.1, -0.05) is 12.1 Å². The van der Waals surface area contributed by atoms with Gasteiger partial charge in [-0.15, -0.1) is 0 Å². The fraction of sp³-hybridized carbons (Fsp3) is 0.353. The number of rotatable bonds is 5. The highest BCUT2D eigenvalue weighted by molar-refractivity contribution is 6.05. The Morgan fingerprint density at radius 3 is 2.43 bits per heavy atom. The van der Waals surface area contributed by atoms with E-state index in [1.165, 1.54) is 0 Å². The van der Waals surface area contributed by atoms with Gasteiger partial charge in [0.25, 0.3) is 5.91 Å². The third-order valence-corrected chi connectivity index (χ3v) is 3.75. The van der Waals surface area contributed by atoms with Crippen molar-refractivity contribution in [2.45, 2.75) is 33.7 Å². The summed E-state index contributed by atoms with van der Waals surface area (Å²) >= 11 is 0. The van der Waals surface area contributed by atoms with Crippen LogP contribution in [0.25, 0.3) is 0 Å². The molecule has 0 aliphatic carbocycles. The molecule has 112 valence electrons. The topological polar surface area (TPSA) is 54.3 Å². The molecule has 0 aliphatic heterocycles. The van der Waals surface area contributed by atoms with Crippen LogP contribution in [0.3, 0.4) is 0 Å². The van der Waals surface area contributed by atoms with Crippen LogP contribution in [-0.4, -0.2) is 22.2 Å². The number of amides is 1. The standard InChI is InChI=1S/C17H22N2O2/c1-4-19-12(2)11-16(13(19)3)17(21)18-15-7-5-14(6-8-15)9-10-20/h5-8,11,20H,4,9-10H2,1-3H3,(H,18,21). The van der Waals surface area contributed by atoms with Crippen LogP contribution < -0.4 is 5.32 Å². The van der Waals surface area contributed by atoms with Crippen molar-refractivity contribution in [2.75, 3.05) is 11.9 Å². The van der Waals surface area contributed by atoms with Gasteiger partial charge in [0, 0.05) is 30.2 Å². The van der Waals surface area contributed by atoms with Gasteiger partial charge in [-0.05, 0) is 51.0 Å². The molecule has 0 saturated heterocycles. The number of carbonyl (C=O) groups is 1. The van der Waals surface area contributed by atoms with Crippen LogP contribution in [0.15, 0.2) is 30.3 Å². The number of benzene rings is 1. The second-order valence-electron chi connectivity index (χ2n) is 5.15. The minimum atomic E-state index is -0.0855. The summed E-state index contributed by atoms with van der Waals surface area (Å²) in [6.07, 6.45) is 0.631. The molecular weight excluding hydrogens is 264 g/mol. The molecule has 1 aromatic carbocycles. The maximum absolute atomic E-state index is 12.4. The third-order valence-electron chi connectivity index (χ3n) is 3.75. The number of nitrogens with one attached hydrogen (secondary N) is 1. The fourth-order valence-electron chi connectivity index (χ4n) is 2.60. The lowest BCUT2D eigenvalue weighted by Gasteiger charge is -2.08. The van der Waals surface area contributed by atoms with Crippen LogP contribution in [0, 0.1) is 13.8 Å². The second kappa shape index (κ2) is 6.59. The van der Waals surface area contributed by atoms with Crippen molar-refractivity contribution < 1.29 is 9.90 Å². The van der Waals surface area contributed by atoms with Crippen LogP contribution in [0.2, 0.25) is 0 Å². The summed E-state index contributed by atoms with van der Waals surface area (Å²) in [7, 11) is 0. The van der Waals surface area contributed by atoms with Crippen LogP contribution >= 0.6 is 0 Å². The number of nitrogens with zero attached hydrogens (tertiary/aromatic N) is 1. The Labute approximate surface area is 125 Å². The van der Waals surface area contributed by atoms with Crippen LogP contribution in [0.1, 0.15) is 34.2 Å². The lowest BCUT2D eigenvalue weighted by Crippen LogP contribution is -2.13. The van der Waals surface area contributed by atoms with Crippen molar-refractivity contribution in [1.29, 1.82) is 0 Å². The smallest absolute Gasteiger partial charge is 0.257 e. The molecule has 0 bridgehead atoms. The van der Waals surface area contributed by atoms with E-state index in [4.69, 9.17) is 5.11 Å². The lowest BCUT2D eigenvalue weighted by molar-refractivity contribution is 0.102. The van der Waals surface area contributed by atoms with E-state index in [0.717, 1.165) is 29.2 Å². The van der Waals surface area contributed by atoms with Gasteiger partial charge in [-0.2, -0.15) is 0 Å². The Morgan fingerprint density at radius 1 is 1.24 bits per heavy atom. The van der Waals surface area contributed by atoms with Gasteiger partial charge in [-0.3, -0.25) is 4.79 Å². The molecule has 2 rings (SSSR count). The predicted molar refractivity (Wildman–Crippen MR) is 84.8 cm³/mol.